The second kappa shape index (κ2) is 7.86. The molecule has 10 nitrogen and oxygen atoms in total. The summed E-state index contributed by atoms with van der Waals surface area (Å²) in [6, 6.07) is 5.31. The van der Waals surface area contributed by atoms with E-state index in [1.807, 2.05) is 0 Å². The van der Waals surface area contributed by atoms with Crippen molar-refractivity contribution in [2.75, 3.05) is 30.5 Å². The molecule has 1 amide bonds. The largest absolute Gasteiger partial charge is 0.452 e. The third-order valence-electron chi connectivity index (χ3n) is 4.54. The fourth-order valence-corrected chi connectivity index (χ4v) is 3.08. The van der Waals surface area contributed by atoms with E-state index >= 15 is 0 Å². The molecule has 11 heteroatoms. The molecule has 3 aromatic heterocycles. The van der Waals surface area contributed by atoms with Gasteiger partial charge in [-0.05, 0) is 18.2 Å². The quantitative estimate of drug-likeness (QED) is 0.508. The zero-order valence-electron chi connectivity index (χ0n) is 19.5. The third kappa shape index (κ3) is 3.56. The van der Waals surface area contributed by atoms with Crippen LogP contribution in [0.2, 0.25) is 0 Å². The maximum absolute atomic E-state index is 14.3. The molecule has 0 atom stereocenters. The summed E-state index contributed by atoms with van der Waals surface area (Å²) in [5.41, 5.74) is 12.5. The predicted molar refractivity (Wildman–Crippen MR) is 114 cm³/mol. The number of methoxy groups -OCH3 is 1. The minimum absolute atomic E-state index is 0.0167. The third-order valence-corrected chi connectivity index (χ3v) is 4.54. The fraction of sp³-hybridized carbons (Fsp3) is 0.150. The van der Waals surface area contributed by atoms with Gasteiger partial charge in [-0.15, -0.1) is 0 Å². The fourth-order valence-electron chi connectivity index (χ4n) is 3.08. The van der Waals surface area contributed by atoms with Crippen LogP contribution in [0.15, 0.2) is 42.5 Å². The first-order chi connectivity index (χ1) is 16.1. The van der Waals surface area contributed by atoms with E-state index in [0.717, 1.165) is 4.90 Å². The van der Waals surface area contributed by atoms with Crippen LogP contribution in [0.4, 0.5) is 26.5 Å². The van der Waals surface area contributed by atoms with Crippen molar-refractivity contribution in [1.82, 2.24) is 24.7 Å². The van der Waals surface area contributed by atoms with Gasteiger partial charge in [-0.1, -0.05) is 18.2 Å². The van der Waals surface area contributed by atoms with Gasteiger partial charge in [0.05, 0.1) is 23.2 Å². The zero-order chi connectivity index (χ0) is 24.7. The molecule has 0 radical (unpaired) electrons. The van der Waals surface area contributed by atoms with Gasteiger partial charge in [0.25, 0.3) is 0 Å². The molecule has 0 spiro atoms. The zero-order valence-corrected chi connectivity index (χ0v) is 16.5. The van der Waals surface area contributed by atoms with E-state index in [1.54, 1.807) is 18.2 Å². The summed E-state index contributed by atoms with van der Waals surface area (Å²) >= 11 is 0. The van der Waals surface area contributed by atoms with Crippen LogP contribution in [0.25, 0.3) is 22.6 Å². The number of carbonyl (C=O) groups is 1. The molecular formula is C20H19FN8O2. The van der Waals surface area contributed by atoms with E-state index < -0.39 is 24.1 Å². The van der Waals surface area contributed by atoms with Crippen LogP contribution >= 0.6 is 0 Å². The van der Waals surface area contributed by atoms with Gasteiger partial charge in [0, 0.05) is 18.8 Å². The number of nitrogens with two attached hydrogens (primary N) is 2. The summed E-state index contributed by atoms with van der Waals surface area (Å²) in [5, 5.41) is 4.48. The van der Waals surface area contributed by atoms with Crippen molar-refractivity contribution in [2.24, 2.45) is 0 Å². The number of benzene rings is 1. The molecule has 0 bridgehead atoms. The van der Waals surface area contributed by atoms with Crippen molar-refractivity contribution >= 4 is 34.4 Å². The van der Waals surface area contributed by atoms with Crippen molar-refractivity contribution in [3.8, 4) is 11.5 Å². The summed E-state index contributed by atoms with van der Waals surface area (Å²) in [5.74, 6) is -0.881. The lowest BCUT2D eigenvalue weighted by atomic mass is 10.2. The van der Waals surface area contributed by atoms with E-state index in [0.29, 0.717) is 5.56 Å². The van der Waals surface area contributed by atoms with Gasteiger partial charge >= 0.3 is 6.09 Å². The Bertz CT molecular complexity index is 1420. The highest BCUT2D eigenvalue weighted by Gasteiger charge is 2.23. The number of nitrogens with zero attached hydrogens (tertiary/aromatic N) is 6. The highest BCUT2D eigenvalue weighted by Crippen LogP contribution is 2.32. The second-order valence-electron chi connectivity index (χ2n) is 6.47. The summed E-state index contributed by atoms with van der Waals surface area (Å²) in [6.07, 6.45) is -1.18. The van der Waals surface area contributed by atoms with Gasteiger partial charge < -0.3 is 16.2 Å². The molecule has 4 N–H and O–H groups in total. The van der Waals surface area contributed by atoms with Gasteiger partial charge in [0.15, 0.2) is 23.1 Å². The average molecular weight is 425 g/mol. The summed E-state index contributed by atoms with van der Waals surface area (Å²) < 4.78 is 44.6. The molecule has 0 saturated carbocycles. The van der Waals surface area contributed by atoms with Crippen LogP contribution in [0.5, 0.6) is 0 Å². The molecule has 31 heavy (non-hydrogen) atoms. The Morgan fingerprint density at radius 3 is 2.68 bits per heavy atom. The SMILES string of the molecule is [2H]c1nc2c(c(-c3nc(N)c(N(C)C(=O)OC)c(N)n3)nn2Cc2ccccc2F)c([2H])c1[2H]. The maximum atomic E-state index is 14.3. The Morgan fingerprint density at radius 2 is 2.00 bits per heavy atom. The van der Waals surface area contributed by atoms with E-state index in [1.165, 1.54) is 24.9 Å². The number of halogens is 1. The van der Waals surface area contributed by atoms with Crippen molar-refractivity contribution < 1.29 is 18.0 Å². The minimum atomic E-state index is -0.742. The standard InChI is InChI=1S/C20H19FN8O2/c1-28(20(30)31-2)15-16(22)25-18(26-17(15)23)14-12-7-5-9-24-19(12)29(27-14)10-11-6-3-4-8-13(11)21/h3-9H,10H2,1-2H3,(H4,22,23,25,26)/i5D,7D,9D. The van der Waals surface area contributed by atoms with Gasteiger partial charge in [0.2, 0.25) is 0 Å². The number of amides is 1. The molecule has 4 rings (SSSR count). The minimum Gasteiger partial charge on any atom is -0.452 e. The molecule has 158 valence electrons. The molecule has 0 saturated heterocycles. The number of pyridine rings is 1. The molecule has 0 unspecified atom stereocenters. The monoisotopic (exact) mass is 425 g/mol. The van der Waals surface area contributed by atoms with E-state index in [4.69, 9.17) is 15.6 Å². The van der Waals surface area contributed by atoms with Gasteiger partial charge in [-0.3, -0.25) is 4.90 Å². The molecule has 3 heterocycles. The van der Waals surface area contributed by atoms with Crippen LogP contribution in [0, 0.1) is 5.82 Å². The summed E-state index contributed by atoms with van der Waals surface area (Å²) in [7, 11) is 2.57. The predicted octanol–water partition coefficient (Wildman–Crippen LogP) is 2.44. The molecule has 4 aromatic rings. The highest BCUT2D eigenvalue weighted by atomic mass is 19.1. The number of nitrogen functional groups attached to an aromatic ring is 2. The van der Waals surface area contributed by atoms with E-state index in [-0.39, 0.29) is 52.5 Å². The highest BCUT2D eigenvalue weighted by molar-refractivity contribution is 5.96. The number of hydrogen-bond acceptors (Lipinski definition) is 8. The molecule has 1 aromatic carbocycles. The lowest BCUT2D eigenvalue weighted by molar-refractivity contribution is 0.180. The Hall–Kier alpha value is -4.28. The van der Waals surface area contributed by atoms with E-state index in [9.17, 15) is 9.18 Å². The van der Waals surface area contributed by atoms with Gasteiger partial charge in [-0.25, -0.2) is 28.8 Å². The smallest absolute Gasteiger partial charge is 0.413 e. The van der Waals surface area contributed by atoms with Crippen molar-refractivity contribution in [2.45, 2.75) is 6.54 Å². The molecule has 0 fully saturated rings. The lowest BCUT2D eigenvalue weighted by Gasteiger charge is -2.18. The van der Waals surface area contributed by atoms with Crippen LogP contribution < -0.4 is 16.4 Å². The number of ether oxygens (including phenoxy) is 1. The molecule has 0 aliphatic carbocycles. The van der Waals surface area contributed by atoms with E-state index in [2.05, 4.69) is 24.8 Å². The normalized spacial score (nSPS) is 12.3. The van der Waals surface area contributed by atoms with Crippen LogP contribution in [-0.4, -0.2) is 45.0 Å². The Labute approximate surface area is 180 Å². The summed E-state index contributed by atoms with van der Waals surface area (Å²) in [6.45, 7) is -0.0689. The lowest BCUT2D eigenvalue weighted by Crippen LogP contribution is -2.28. The number of hydrogen-bond donors (Lipinski definition) is 2. The Balaban J connectivity index is 1.94. The first kappa shape index (κ1) is 16.5. The average Bonchev–Trinajstić information content (AvgIpc) is 3.15. The maximum Gasteiger partial charge on any atom is 0.413 e. The number of aromatic nitrogens is 5. The summed E-state index contributed by atoms with van der Waals surface area (Å²) in [4.78, 5) is 25.4. The van der Waals surface area contributed by atoms with Crippen LogP contribution in [0.3, 0.4) is 0 Å². The Kier molecular flexibility index (Phi) is 4.19. The van der Waals surface area contributed by atoms with Crippen molar-refractivity contribution in [3.05, 3.63) is 53.9 Å². The van der Waals surface area contributed by atoms with Crippen molar-refractivity contribution in [1.29, 1.82) is 0 Å². The Morgan fingerprint density at radius 1 is 1.29 bits per heavy atom. The number of rotatable bonds is 4. The topological polar surface area (TPSA) is 138 Å². The first-order valence-corrected chi connectivity index (χ1v) is 8.96. The molecule has 0 aliphatic heterocycles. The number of carbonyl (C=O) groups excluding carboxylic acids is 1. The number of anilines is 3. The van der Waals surface area contributed by atoms with Gasteiger partial charge in [0.1, 0.15) is 17.2 Å². The molecular weight excluding hydrogens is 403 g/mol. The van der Waals surface area contributed by atoms with Crippen LogP contribution in [0.1, 0.15) is 9.68 Å². The van der Waals surface area contributed by atoms with Crippen LogP contribution in [-0.2, 0) is 11.3 Å². The second-order valence-corrected chi connectivity index (χ2v) is 6.47. The number of fused-ring (bicyclic) bond motifs is 1. The van der Waals surface area contributed by atoms with Crippen molar-refractivity contribution in [3.63, 3.8) is 0 Å². The molecule has 0 aliphatic rings. The first-order valence-electron chi connectivity index (χ1n) is 10.5. The van der Waals surface area contributed by atoms with Gasteiger partial charge in [-0.2, -0.15) is 5.10 Å².